The van der Waals surface area contributed by atoms with Crippen molar-refractivity contribution in [1.82, 2.24) is 0 Å². The Balaban J connectivity index is 2.15. The maximum absolute atomic E-state index is 12.1. The van der Waals surface area contributed by atoms with Crippen molar-refractivity contribution in [2.24, 2.45) is 0 Å². The Morgan fingerprint density at radius 3 is 2.73 bits per heavy atom. The Kier molecular flexibility index (Phi) is 5.28. The number of hydrogen-bond acceptors (Lipinski definition) is 6. The minimum Gasteiger partial charge on any atom is -0.450 e. The van der Waals surface area contributed by atoms with E-state index in [2.05, 4.69) is 5.32 Å². The second-order valence-corrected chi connectivity index (χ2v) is 7.46. The molecule has 0 unspecified atom stereocenters. The average molecular weight is 362 g/mol. The minimum absolute atomic E-state index is 0.00116. The highest BCUT2D eigenvalue weighted by molar-refractivity contribution is 7.89. The highest BCUT2D eigenvalue weighted by atomic mass is 35.5. The SMILES string of the molecule is CCOC(=O)Nc1cccc(OS(=O)(=O)c2ccc(Cl)s2)c1. The molecule has 1 aromatic carbocycles. The molecule has 1 amide bonds. The molecule has 6 nitrogen and oxygen atoms in total. The molecular formula is C13H12ClNO5S2. The Morgan fingerprint density at radius 2 is 2.09 bits per heavy atom. The largest absolute Gasteiger partial charge is 0.450 e. The van der Waals surface area contributed by atoms with Gasteiger partial charge in [0.2, 0.25) is 0 Å². The van der Waals surface area contributed by atoms with Gasteiger partial charge in [0.1, 0.15) is 5.75 Å². The molecule has 2 aromatic rings. The number of carbonyl (C=O) groups is 1. The normalized spacial score (nSPS) is 11.0. The van der Waals surface area contributed by atoms with Crippen LogP contribution in [0.4, 0.5) is 10.5 Å². The first kappa shape index (κ1) is 16.6. The zero-order valence-electron chi connectivity index (χ0n) is 11.4. The number of benzene rings is 1. The van der Waals surface area contributed by atoms with Crippen molar-refractivity contribution < 1.29 is 22.1 Å². The third-order valence-corrected chi connectivity index (χ3v) is 5.29. The molecule has 0 saturated carbocycles. The Hall–Kier alpha value is -1.77. The van der Waals surface area contributed by atoms with Crippen molar-refractivity contribution in [3.05, 3.63) is 40.7 Å². The summed E-state index contributed by atoms with van der Waals surface area (Å²) < 4.78 is 34.2. The van der Waals surface area contributed by atoms with Crippen LogP contribution >= 0.6 is 22.9 Å². The summed E-state index contributed by atoms with van der Waals surface area (Å²) >= 11 is 6.62. The van der Waals surface area contributed by atoms with Crippen LogP contribution in [0.25, 0.3) is 0 Å². The molecule has 2 rings (SSSR count). The number of rotatable bonds is 5. The standard InChI is InChI=1S/C13H12ClNO5S2/c1-2-19-13(16)15-9-4-3-5-10(8-9)20-22(17,18)12-7-6-11(14)21-12/h3-8H,2H2,1H3,(H,15,16). The number of amides is 1. The molecule has 118 valence electrons. The van der Waals surface area contributed by atoms with Gasteiger partial charge in [-0.25, -0.2) is 4.79 Å². The highest BCUT2D eigenvalue weighted by Gasteiger charge is 2.19. The zero-order chi connectivity index (χ0) is 16.2. The molecule has 0 saturated heterocycles. The average Bonchev–Trinajstić information content (AvgIpc) is 2.86. The monoisotopic (exact) mass is 361 g/mol. The van der Waals surface area contributed by atoms with Crippen molar-refractivity contribution in [3.63, 3.8) is 0 Å². The number of hydrogen-bond donors (Lipinski definition) is 1. The lowest BCUT2D eigenvalue weighted by molar-refractivity contribution is 0.168. The van der Waals surface area contributed by atoms with Crippen LogP contribution in [-0.2, 0) is 14.9 Å². The van der Waals surface area contributed by atoms with Gasteiger partial charge in [-0.3, -0.25) is 5.32 Å². The fourth-order valence-electron chi connectivity index (χ4n) is 1.51. The molecule has 9 heteroatoms. The van der Waals surface area contributed by atoms with E-state index in [1.54, 1.807) is 19.1 Å². The van der Waals surface area contributed by atoms with Crippen molar-refractivity contribution in [2.75, 3.05) is 11.9 Å². The Bertz CT molecular complexity index is 772. The first-order valence-corrected chi connectivity index (χ1v) is 8.74. The summed E-state index contributed by atoms with van der Waals surface area (Å²) in [6.45, 7) is 1.91. The number of carbonyl (C=O) groups excluding carboxylic acids is 1. The summed E-state index contributed by atoms with van der Waals surface area (Å²) in [5, 5.41) is 2.46. The van der Waals surface area contributed by atoms with E-state index in [1.807, 2.05) is 0 Å². The molecule has 0 bridgehead atoms. The fraction of sp³-hybridized carbons (Fsp3) is 0.154. The highest BCUT2D eigenvalue weighted by Crippen LogP contribution is 2.28. The summed E-state index contributed by atoms with van der Waals surface area (Å²) in [4.78, 5) is 11.3. The Labute approximate surface area is 136 Å². The van der Waals surface area contributed by atoms with E-state index in [1.165, 1.54) is 24.3 Å². The van der Waals surface area contributed by atoms with Gasteiger partial charge in [0, 0.05) is 11.8 Å². The molecule has 0 aliphatic rings. The second-order valence-electron chi connectivity index (χ2n) is 3.97. The molecule has 1 N–H and O–H groups in total. The first-order valence-electron chi connectivity index (χ1n) is 6.14. The molecule has 0 aliphatic carbocycles. The molecule has 1 heterocycles. The molecule has 1 aromatic heterocycles. The summed E-state index contributed by atoms with van der Waals surface area (Å²) in [5.41, 5.74) is 0.357. The number of ether oxygens (including phenoxy) is 1. The quantitative estimate of drug-likeness (QED) is 0.820. The first-order chi connectivity index (χ1) is 10.4. The van der Waals surface area contributed by atoms with E-state index in [-0.39, 0.29) is 16.6 Å². The third kappa shape index (κ3) is 4.36. The van der Waals surface area contributed by atoms with Crippen LogP contribution in [0.15, 0.2) is 40.6 Å². The molecule has 0 spiro atoms. The van der Waals surface area contributed by atoms with Crippen LogP contribution in [0.1, 0.15) is 6.92 Å². The topological polar surface area (TPSA) is 81.7 Å². The summed E-state index contributed by atoms with van der Waals surface area (Å²) in [5.74, 6) is 0.0684. The van der Waals surface area contributed by atoms with Crippen molar-refractivity contribution in [1.29, 1.82) is 0 Å². The van der Waals surface area contributed by atoms with Crippen molar-refractivity contribution in [2.45, 2.75) is 11.1 Å². The van der Waals surface area contributed by atoms with Gasteiger partial charge in [0.25, 0.3) is 0 Å². The van der Waals surface area contributed by atoms with Gasteiger partial charge in [-0.15, -0.1) is 11.3 Å². The van der Waals surface area contributed by atoms with E-state index in [4.69, 9.17) is 20.5 Å². The minimum atomic E-state index is -3.96. The van der Waals surface area contributed by atoms with Crippen LogP contribution in [0.2, 0.25) is 4.34 Å². The second kappa shape index (κ2) is 6.99. The van der Waals surface area contributed by atoms with E-state index in [0.29, 0.717) is 10.0 Å². The summed E-state index contributed by atoms with van der Waals surface area (Å²) in [6, 6.07) is 8.81. The van der Waals surface area contributed by atoms with Crippen LogP contribution in [-0.4, -0.2) is 21.1 Å². The van der Waals surface area contributed by atoms with Gasteiger partial charge in [0.05, 0.1) is 10.9 Å². The van der Waals surface area contributed by atoms with Gasteiger partial charge in [-0.1, -0.05) is 17.7 Å². The zero-order valence-corrected chi connectivity index (χ0v) is 13.8. The molecule has 22 heavy (non-hydrogen) atoms. The molecule has 0 fully saturated rings. The number of halogens is 1. The third-order valence-electron chi connectivity index (χ3n) is 2.36. The van der Waals surface area contributed by atoms with Gasteiger partial charge < -0.3 is 8.92 Å². The number of thiophene rings is 1. The van der Waals surface area contributed by atoms with Gasteiger partial charge in [0.15, 0.2) is 4.21 Å². The van der Waals surface area contributed by atoms with Gasteiger partial charge >= 0.3 is 16.2 Å². The van der Waals surface area contributed by atoms with E-state index < -0.39 is 16.2 Å². The predicted octanol–water partition coefficient (Wildman–Crippen LogP) is 3.74. The Morgan fingerprint density at radius 1 is 1.32 bits per heavy atom. The van der Waals surface area contributed by atoms with Gasteiger partial charge in [-0.05, 0) is 31.2 Å². The molecule has 0 radical (unpaired) electrons. The maximum atomic E-state index is 12.1. The maximum Gasteiger partial charge on any atom is 0.411 e. The number of anilines is 1. The van der Waals surface area contributed by atoms with Crippen LogP contribution in [0.3, 0.4) is 0 Å². The van der Waals surface area contributed by atoms with E-state index >= 15 is 0 Å². The molecule has 0 aliphatic heterocycles. The predicted molar refractivity (Wildman–Crippen MR) is 84.2 cm³/mol. The summed E-state index contributed by atoms with van der Waals surface area (Å²) in [6.07, 6.45) is -0.632. The van der Waals surface area contributed by atoms with Crippen LogP contribution in [0.5, 0.6) is 5.75 Å². The summed E-state index contributed by atoms with van der Waals surface area (Å²) in [7, 11) is -3.96. The van der Waals surface area contributed by atoms with Crippen LogP contribution < -0.4 is 9.50 Å². The smallest absolute Gasteiger partial charge is 0.411 e. The van der Waals surface area contributed by atoms with Gasteiger partial charge in [-0.2, -0.15) is 8.42 Å². The lowest BCUT2D eigenvalue weighted by Crippen LogP contribution is -2.13. The van der Waals surface area contributed by atoms with Crippen molar-refractivity contribution in [3.8, 4) is 5.75 Å². The van der Waals surface area contributed by atoms with E-state index in [0.717, 1.165) is 11.3 Å². The fourth-order valence-corrected chi connectivity index (χ4v) is 3.88. The lowest BCUT2D eigenvalue weighted by Gasteiger charge is -2.08. The van der Waals surface area contributed by atoms with Crippen molar-refractivity contribution >= 4 is 44.8 Å². The number of nitrogens with one attached hydrogen (secondary N) is 1. The lowest BCUT2D eigenvalue weighted by atomic mass is 10.3. The van der Waals surface area contributed by atoms with E-state index in [9.17, 15) is 13.2 Å². The molecular weight excluding hydrogens is 350 g/mol. The van der Waals surface area contributed by atoms with Crippen LogP contribution in [0, 0.1) is 0 Å². The molecule has 0 atom stereocenters.